The monoisotopic (exact) mass is 355 g/mol. The van der Waals surface area contributed by atoms with Crippen LogP contribution in [0.15, 0.2) is 40.9 Å². The van der Waals surface area contributed by atoms with Crippen molar-refractivity contribution in [1.29, 1.82) is 0 Å². The maximum atomic E-state index is 12.4. The van der Waals surface area contributed by atoms with Crippen molar-refractivity contribution < 1.29 is 19.4 Å². The molecule has 0 spiro atoms. The molecule has 1 heterocycles. The van der Waals surface area contributed by atoms with Gasteiger partial charge in [0.15, 0.2) is 5.78 Å². The summed E-state index contributed by atoms with van der Waals surface area (Å²) in [6.45, 7) is 4.00. The molecular weight excluding hydrogens is 338 g/mol. The molecule has 1 N–H and O–H groups in total. The quantitative estimate of drug-likeness (QED) is 0.639. The van der Waals surface area contributed by atoms with Crippen LogP contribution in [0, 0.1) is 0 Å². The number of aliphatic hydroxyl groups excluding tert-OH is 1. The number of esters is 1. The number of aliphatic imine (C=N–C) groups is 1. The molecule has 3 rings (SSSR count). The van der Waals surface area contributed by atoms with Crippen LogP contribution in [0.5, 0.6) is 0 Å². The molecule has 5 nitrogen and oxygen atoms in total. The molecule has 1 aromatic heterocycles. The Morgan fingerprint density at radius 1 is 1.28 bits per heavy atom. The van der Waals surface area contributed by atoms with Crippen LogP contribution in [0.3, 0.4) is 0 Å². The van der Waals surface area contributed by atoms with Crippen LogP contribution in [0.25, 0.3) is 5.76 Å². The molecular formula is C19H17NO4S. The number of thiophene rings is 1. The van der Waals surface area contributed by atoms with E-state index in [1.54, 1.807) is 37.3 Å². The number of Topliss-reactive ketones (excluding diaryl/α,β-unsaturated/α-hetero) is 1. The number of benzene rings is 1. The summed E-state index contributed by atoms with van der Waals surface area (Å²) in [5, 5.41) is 10.8. The molecule has 0 saturated carbocycles. The molecule has 0 atom stereocenters. The largest absolute Gasteiger partial charge is 0.506 e. The van der Waals surface area contributed by atoms with Gasteiger partial charge in [0.25, 0.3) is 0 Å². The van der Waals surface area contributed by atoms with E-state index in [4.69, 9.17) is 4.74 Å². The van der Waals surface area contributed by atoms with E-state index in [9.17, 15) is 14.7 Å². The number of nitrogens with zero attached hydrogens (tertiary/aromatic N) is 1. The minimum absolute atomic E-state index is 0.0886. The van der Waals surface area contributed by atoms with Crippen LogP contribution < -0.4 is 0 Å². The Balaban J connectivity index is 1.96. The summed E-state index contributed by atoms with van der Waals surface area (Å²) < 4.78 is 5.06. The molecule has 0 unspecified atom stereocenters. The summed E-state index contributed by atoms with van der Waals surface area (Å²) in [6, 6.07) is 8.62. The Bertz CT molecular complexity index is 908. The topological polar surface area (TPSA) is 76.0 Å². The number of aliphatic hydroxyl groups is 1. The van der Waals surface area contributed by atoms with Gasteiger partial charge >= 0.3 is 5.97 Å². The highest BCUT2D eigenvalue weighted by atomic mass is 32.1. The average molecular weight is 355 g/mol. The van der Waals surface area contributed by atoms with Gasteiger partial charge in [-0.1, -0.05) is 31.2 Å². The third-order valence-electron chi connectivity index (χ3n) is 3.84. The molecule has 1 aliphatic carbocycles. The van der Waals surface area contributed by atoms with Crippen LogP contribution in [0.2, 0.25) is 0 Å². The molecule has 0 radical (unpaired) electrons. The Labute approximate surface area is 149 Å². The fourth-order valence-corrected chi connectivity index (χ4v) is 3.51. The number of rotatable bonds is 5. The highest BCUT2D eigenvalue weighted by molar-refractivity contribution is 7.16. The van der Waals surface area contributed by atoms with E-state index in [2.05, 4.69) is 4.99 Å². The maximum Gasteiger partial charge on any atom is 0.341 e. The van der Waals surface area contributed by atoms with Gasteiger partial charge in [-0.3, -0.25) is 4.79 Å². The van der Waals surface area contributed by atoms with Crippen molar-refractivity contribution in [3.05, 3.63) is 57.5 Å². The van der Waals surface area contributed by atoms with Crippen LogP contribution in [-0.4, -0.2) is 29.7 Å². The normalized spacial score (nSPS) is 13.6. The van der Waals surface area contributed by atoms with Crippen LogP contribution in [0.4, 0.5) is 5.00 Å². The van der Waals surface area contributed by atoms with Crippen molar-refractivity contribution in [2.75, 3.05) is 6.61 Å². The summed E-state index contributed by atoms with van der Waals surface area (Å²) >= 11 is 1.37. The highest BCUT2D eigenvalue weighted by Gasteiger charge is 2.28. The zero-order valence-electron chi connectivity index (χ0n) is 13.9. The van der Waals surface area contributed by atoms with Crippen LogP contribution >= 0.6 is 11.3 Å². The second-order valence-corrected chi connectivity index (χ2v) is 6.52. The Morgan fingerprint density at radius 2 is 2.00 bits per heavy atom. The molecule has 0 bridgehead atoms. The smallest absolute Gasteiger partial charge is 0.341 e. The molecule has 128 valence electrons. The van der Waals surface area contributed by atoms with Crippen LogP contribution in [0.1, 0.15) is 45.0 Å². The van der Waals surface area contributed by atoms with Crippen molar-refractivity contribution in [3.8, 4) is 0 Å². The first-order chi connectivity index (χ1) is 12.1. The summed E-state index contributed by atoms with van der Waals surface area (Å²) in [6.07, 6.45) is 2.09. The predicted molar refractivity (Wildman–Crippen MR) is 98.1 cm³/mol. The van der Waals surface area contributed by atoms with Gasteiger partial charge < -0.3 is 9.84 Å². The average Bonchev–Trinajstić information content (AvgIpc) is 3.14. The van der Waals surface area contributed by atoms with Gasteiger partial charge in [-0.15, -0.1) is 11.3 Å². The number of carbonyl (C=O) groups excluding carboxylic acids is 2. The lowest BCUT2D eigenvalue weighted by atomic mass is 10.1. The van der Waals surface area contributed by atoms with Gasteiger partial charge in [0, 0.05) is 22.2 Å². The van der Waals surface area contributed by atoms with Crippen LogP contribution in [-0.2, 0) is 11.2 Å². The lowest BCUT2D eigenvalue weighted by Gasteiger charge is -2.00. The van der Waals surface area contributed by atoms with E-state index in [1.165, 1.54) is 17.6 Å². The number of aryl methyl sites for hydroxylation is 1. The third kappa shape index (κ3) is 3.13. The third-order valence-corrected chi connectivity index (χ3v) is 5.03. The first-order valence-corrected chi connectivity index (χ1v) is 8.79. The molecule has 1 aromatic carbocycles. The number of ketones is 1. The van der Waals surface area contributed by atoms with E-state index in [0.29, 0.717) is 21.7 Å². The van der Waals surface area contributed by atoms with Crippen molar-refractivity contribution in [2.24, 2.45) is 4.99 Å². The fourth-order valence-electron chi connectivity index (χ4n) is 2.58. The lowest BCUT2D eigenvalue weighted by molar-refractivity contribution is 0.0527. The van der Waals surface area contributed by atoms with E-state index < -0.39 is 5.97 Å². The first-order valence-electron chi connectivity index (χ1n) is 7.98. The second kappa shape index (κ2) is 7.03. The molecule has 1 aliphatic rings. The van der Waals surface area contributed by atoms with Gasteiger partial charge in [0.05, 0.1) is 17.7 Å². The minimum Gasteiger partial charge on any atom is -0.506 e. The standard InChI is InChI=1S/C19H17NO4S/c1-3-11-9-14(19(23)24-4-2)18(25-11)20-10-15-16(21)12-7-5-6-8-13(12)17(15)22/h5-10,21H,3-4H2,1-2H3/b20-10+. The van der Waals surface area contributed by atoms with Gasteiger partial charge in [-0.05, 0) is 19.4 Å². The van der Waals surface area contributed by atoms with E-state index in [1.807, 2.05) is 6.92 Å². The van der Waals surface area contributed by atoms with Gasteiger partial charge in [-0.25, -0.2) is 9.79 Å². The van der Waals surface area contributed by atoms with Crippen molar-refractivity contribution in [2.45, 2.75) is 20.3 Å². The zero-order chi connectivity index (χ0) is 18.0. The second-order valence-electron chi connectivity index (χ2n) is 5.40. The summed E-state index contributed by atoms with van der Waals surface area (Å²) in [4.78, 5) is 29.8. The van der Waals surface area contributed by atoms with Crippen molar-refractivity contribution in [1.82, 2.24) is 0 Å². The SMILES string of the molecule is CCOC(=O)c1cc(CC)sc1/N=C/C1=C(O)c2ccccc2C1=O. The Kier molecular flexibility index (Phi) is 4.81. The number of fused-ring (bicyclic) bond motifs is 1. The van der Waals surface area contributed by atoms with E-state index in [-0.39, 0.29) is 23.7 Å². The first kappa shape index (κ1) is 17.1. The maximum absolute atomic E-state index is 12.4. The fraction of sp³-hybridized carbons (Fsp3) is 0.211. The number of hydrogen-bond acceptors (Lipinski definition) is 6. The minimum atomic E-state index is -0.440. The molecule has 6 heteroatoms. The number of hydrogen-bond donors (Lipinski definition) is 1. The zero-order valence-corrected chi connectivity index (χ0v) is 14.7. The molecule has 0 amide bonds. The van der Waals surface area contributed by atoms with Crippen molar-refractivity contribution in [3.63, 3.8) is 0 Å². The van der Waals surface area contributed by atoms with E-state index in [0.717, 1.165) is 11.3 Å². The Hall–Kier alpha value is -2.73. The lowest BCUT2D eigenvalue weighted by Crippen LogP contribution is -2.03. The highest BCUT2D eigenvalue weighted by Crippen LogP contribution is 2.34. The van der Waals surface area contributed by atoms with Gasteiger partial charge in [-0.2, -0.15) is 0 Å². The number of carbonyl (C=O) groups is 2. The van der Waals surface area contributed by atoms with Crippen molar-refractivity contribution >= 4 is 40.1 Å². The predicted octanol–water partition coefficient (Wildman–Crippen LogP) is 4.36. The van der Waals surface area contributed by atoms with E-state index >= 15 is 0 Å². The summed E-state index contributed by atoms with van der Waals surface area (Å²) in [7, 11) is 0. The van der Waals surface area contributed by atoms with Gasteiger partial charge in [0.1, 0.15) is 10.8 Å². The number of allylic oxidation sites excluding steroid dienone is 1. The summed E-state index contributed by atoms with van der Waals surface area (Å²) in [5.74, 6) is -0.805. The molecule has 0 saturated heterocycles. The summed E-state index contributed by atoms with van der Waals surface area (Å²) in [5.41, 5.74) is 1.46. The molecule has 0 aliphatic heterocycles. The molecule has 2 aromatic rings. The van der Waals surface area contributed by atoms with Gasteiger partial charge in [0.2, 0.25) is 0 Å². The Morgan fingerprint density at radius 3 is 2.64 bits per heavy atom. The number of ether oxygens (including phenoxy) is 1. The molecule has 25 heavy (non-hydrogen) atoms. The molecule has 0 fully saturated rings.